The van der Waals surface area contributed by atoms with Gasteiger partial charge >= 0.3 is 0 Å². The van der Waals surface area contributed by atoms with Crippen LogP contribution in [0.25, 0.3) is 22.6 Å². The maximum absolute atomic E-state index is 10.2. The van der Waals surface area contributed by atoms with E-state index in [9.17, 15) is 5.11 Å². The molecule has 0 saturated heterocycles. The zero-order valence-corrected chi connectivity index (χ0v) is 17.3. The number of hydrogen-bond acceptors (Lipinski definition) is 6. The van der Waals surface area contributed by atoms with E-state index in [4.69, 9.17) is 13.9 Å². The molecule has 3 aromatic carbocycles. The van der Waals surface area contributed by atoms with Crippen LogP contribution in [0.1, 0.15) is 5.56 Å². The molecule has 0 fully saturated rings. The highest BCUT2D eigenvalue weighted by atomic mass is 79.9. The Kier molecular flexibility index (Phi) is 5.22. The number of hydrogen-bond donors (Lipinski definition) is 1. The first-order valence-corrected chi connectivity index (χ1v) is 9.52. The Bertz CT molecular complexity index is 1200. The van der Waals surface area contributed by atoms with Crippen molar-refractivity contribution >= 4 is 38.9 Å². The molecule has 0 amide bonds. The van der Waals surface area contributed by atoms with E-state index in [-0.39, 0.29) is 5.75 Å². The van der Waals surface area contributed by atoms with E-state index in [1.165, 1.54) is 7.11 Å². The zero-order valence-electron chi connectivity index (χ0n) is 15.7. The fraction of sp³-hybridized carbons (Fsp3) is 0.0909. The molecule has 0 aliphatic heterocycles. The van der Waals surface area contributed by atoms with Gasteiger partial charge in [0, 0.05) is 27.9 Å². The van der Waals surface area contributed by atoms with Gasteiger partial charge in [-0.2, -0.15) is 0 Å². The van der Waals surface area contributed by atoms with Gasteiger partial charge in [-0.05, 0) is 48.5 Å². The van der Waals surface area contributed by atoms with Gasteiger partial charge in [0.2, 0.25) is 5.89 Å². The molecular formula is C22H17BrN2O4. The molecule has 0 aliphatic rings. The molecule has 29 heavy (non-hydrogen) atoms. The molecule has 0 radical (unpaired) electrons. The topological polar surface area (TPSA) is 77.1 Å². The van der Waals surface area contributed by atoms with Crippen molar-refractivity contribution in [3.63, 3.8) is 0 Å². The number of halogens is 1. The number of fused-ring (bicyclic) bond motifs is 1. The Labute approximate surface area is 175 Å². The van der Waals surface area contributed by atoms with Crippen LogP contribution in [-0.2, 0) is 0 Å². The smallest absolute Gasteiger partial charge is 0.227 e. The molecule has 7 heteroatoms. The molecule has 4 rings (SSSR count). The molecule has 1 N–H and O–H groups in total. The first-order chi connectivity index (χ1) is 14.1. The maximum atomic E-state index is 10.2. The first kappa shape index (κ1) is 19.0. The summed E-state index contributed by atoms with van der Waals surface area (Å²) in [6.45, 7) is 0. The predicted octanol–water partition coefficient (Wildman–Crippen LogP) is 5.73. The van der Waals surface area contributed by atoms with Crippen LogP contribution in [0.15, 0.2) is 68.5 Å². The summed E-state index contributed by atoms with van der Waals surface area (Å²) in [7, 11) is 3.12. The number of benzene rings is 3. The van der Waals surface area contributed by atoms with Crippen LogP contribution in [0.2, 0.25) is 0 Å². The van der Waals surface area contributed by atoms with Crippen molar-refractivity contribution in [2.75, 3.05) is 14.2 Å². The highest BCUT2D eigenvalue weighted by molar-refractivity contribution is 9.10. The lowest BCUT2D eigenvalue weighted by Crippen LogP contribution is -1.89. The number of aromatic nitrogens is 1. The summed E-state index contributed by atoms with van der Waals surface area (Å²) in [5, 5.41) is 10.2. The summed E-state index contributed by atoms with van der Waals surface area (Å²) in [5.74, 6) is 1.68. The van der Waals surface area contributed by atoms with Gasteiger partial charge in [-0.1, -0.05) is 15.9 Å². The van der Waals surface area contributed by atoms with Crippen LogP contribution in [0.5, 0.6) is 17.2 Å². The first-order valence-electron chi connectivity index (χ1n) is 8.73. The van der Waals surface area contributed by atoms with E-state index < -0.39 is 0 Å². The summed E-state index contributed by atoms with van der Waals surface area (Å²) in [5.41, 5.74) is 3.55. The van der Waals surface area contributed by atoms with Crippen LogP contribution in [0.3, 0.4) is 0 Å². The number of phenolic OH excluding ortho intramolecular Hbond substituents is 1. The summed E-state index contributed by atoms with van der Waals surface area (Å²) < 4.78 is 17.0. The minimum absolute atomic E-state index is 0.0398. The number of ether oxygens (including phenoxy) is 2. The second kappa shape index (κ2) is 7.97. The second-order valence-electron chi connectivity index (χ2n) is 6.20. The minimum atomic E-state index is 0.0398. The van der Waals surface area contributed by atoms with Gasteiger partial charge < -0.3 is 19.0 Å². The zero-order chi connectivity index (χ0) is 20.4. The lowest BCUT2D eigenvalue weighted by atomic mass is 10.2. The highest BCUT2D eigenvalue weighted by Crippen LogP contribution is 2.33. The van der Waals surface area contributed by atoms with Gasteiger partial charge in [0.15, 0.2) is 17.1 Å². The third-order valence-corrected chi connectivity index (χ3v) is 4.81. The van der Waals surface area contributed by atoms with Gasteiger partial charge in [0.05, 0.1) is 19.9 Å². The molecule has 0 saturated carbocycles. The van der Waals surface area contributed by atoms with Crippen LogP contribution in [-0.4, -0.2) is 30.5 Å². The lowest BCUT2D eigenvalue weighted by molar-refractivity contribution is 0.373. The number of rotatable bonds is 5. The Morgan fingerprint density at radius 2 is 1.83 bits per heavy atom. The number of aromatic hydroxyl groups is 1. The van der Waals surface area contributed by atoms with Crippen LogP contribution in [0, 0.1) is 0 Å². The van der Waals surface area contributed by atoms with Gasteiger partial charge in [-0.3, -0.25) is 4.99 Å². The fourth-order valence-corrected chi connectivity index (χ4v) is 3.29. The molecular weight excluding hydrogens is 436 g/mol. The third-order valence-electron chi connectivity index (χ3n) is 4.35. The summed E-state index contributed by atoms with van der Waals surface area (Å²) >= 11 is 3.40. The third kappa shape index (κ3) is 3.95. The largest absolute Gasteiger partial charge is 0.504 e. The number of phenols is 1. The van der Waals surface area contributed by atoms with Gasteiger partial charge in [-0.25, -0.2) is 4.98 Å². The number of methoxy groups -OCH3 is 2. The van der Waals surface area contributed by atoms with Crippen molar-refractivity contribution < 1.29 is 19.0 Å². The standard InChI is InChI=1S/C22H17BrN2O4/c1-27-17-7-8-19-18(11-17)25-22(29-19)13-3-5-16(6-4-13)24-12-14-9-15(23)10-20(28-2)21(14)26/h3-12,26H,1-2H3. The van der Waals surface area contributed by atoms with E-state index in [1.54, 1.807) is 25.5 Å². The Hall–Kier alpha value is -3.32. The number of aliphatic imine (C=N–C) groups is 1. The van der Waals surface area contributed by atoms with Crippen molar-refractivity contribution in [3.05, 3.63) is 64.6 Å². The summed E-state index contributed by atoms with van der Waals surface area (Å²) in [6, 6.07) is 16.4. The van der Waals surface area contributed by atoms with Crippen LogP contribution in [0.4, 0.5) is 5.69 Å². The SMILES string of the molecule is COc1ccc2oc(-c3ccc(N=Cc4cc(Br)cc(OC)c4O)cc3)nc2c1. The van der Waals surface area contributed by atoms with E-state index in [1.807, 2.05) is 42.5 Å². The predicted molar refractivity (Wildman–Crippen MR) is 116 cm³/mol. The number of oxazole rings is 1. The molecule has 1 aromatic heterocycles. The van der Waals surface area contributed by atoms with Gasteiger partial charge in [0.1, 0.15) is 11.3 Å². The average molecular weight is 453 g/mol. The van der Waals surface area contributed by atoms with Gasteiger partial charge in [0.25, 0.3) is 0 Å². The van der Waals surface area contributed by atoms with E-state index in [0.717, 1.165) is 27.0 Å². The van der Waals surface area contributed by atoms with E-state index in [0.29, 0.717) is 22.8 Å². The van der Waals surface area contributed by atoms with Crippen molar-refractivity contribution in [1.29, 1.82) is 0 Å². The van der Waals surface area contributed by atoms with Crippen LogP contribution >= 0.6 is 15.9 Å². The Balaban J connectivity index is 1.58. The van der Waals surface area contributed by atoms with E-state index >= 15 is 0 Å². The monoisotopic (exact) mass is 452 g/mol. The second-order valence-corrected chi connectivity index (χ2v) is 7.12. The Morgan fingerprint density at radius 1 is 1.03 bits per heavy atom. The average Bonchev–Trinajstić information content (AvgIpc) is 3.17. The Morgan fingerprint density at radius 3 is 2.55 bits per heavy atom. The minimum Gasteiger partial charge on any atom is -0.504 e. The maximum Gasteiger partial charge on any atom is 0.227 e. The lowest BCUT2D eigenvalue weighted by Gasteiger charge is -2.06. The van der Waals surface area contributed by atoms with E-state index in [2.05, 4.69) is 25.9 Å². The quantitative estimate of drug-likeness (QED) is 0.391. The van der Waals surface area contributed by atoms with Crippen molar-refractivity contribution in [2.24, 2.45) is 4.99 Å². The van der Waals surface area contributed by atoms with Crippen molar-refractivity contribution in [3.8, 4) is 28.7 Å². The molecule has 0 spiro atoms. The molecule has 0 atom stereocenters. The molecule has 0 aliphatic carbocycles. The molecule has 6 nitrogen and oxygen atoms in total. The van der Waals surface area contributed by atoms with Gasteiger partial charge in [-0.15, -0.1) is 0 Å². The highest BCUT2D eigenvalue weighted by Gasteiger charge is 2.10. The van der Waals surface area contributed by atoms with Crippen LogP contribution < -0.4 is 9.47 Å². The summed E-state index contributed by atoms with van der Waals surface area (Å²) in [6.07, 6.45) is 1.59. The molecule has 0 unspecified atom stereocenters. The molecule has 4 aromatic rings. The molecule has 0 bridgehead atoms. The van der Waals surface area contributed by atoms with Crippen molar-refractivity contribution in [1.82, 2.24) is 4.98 Å². The normalized spacial score (nSPS) is 11.3. The summed E-state index contributed by atoms with van der Waals surface area (Å²) in [4.78, 5) is 8.94. The molecule has 1 heterocycles. The number of nitrogens with zero attached hydrogens (tertiary/aromatic N) is 2. The fourth-order valence-electron chi connectivity index (χ4n) is 2.84. The van der Waals surface area contributed by atoms with Crippen molar-refractivity contribution in [2.45, 2.75) is 0 Å². The molecule has 146 valence electrons.